The average molecular weight is 491 g/mol. The summed E-state index contributed by atoms with van der Waals surface area (Å²) in [5.74, 6) is 0.870. The van der Waals surface area contributed by atoms with E-state index in [2.05, 4.69) is 37.9 Å². The summed E-state index contributed by atoms with van der Waals surface area (Å²) in [6.45, 7) is 2.21. The molecule has 1 aromatic carbocycles. The number of hydrogen-bond donors (Lipinski definition) is 1. The number of hydrogen-bond acceptors (Lipinski definition) is 9. The molecule has 0 unspecified atom stereocenters. The number of amides is 1. The Morgan fingerprint density at radius 3 is 2.74 bits per heavy atom. The molecular formula is C24H26N8O2S. The van der Waals surface area contributed by atoms with Gasteiger partial charge in [0.25, 0.3) is 0 Å². The third kappa shape index (κ3) is 6.54. The third-order valence-corrected chi connectivity index (χ3v) is 5.94. The minimum Gasteiger partial charge on any atom is -0.389 e. The second-order valence-electron chi connectivity index (χ2n) is 7.76. The van der Waals surface area contributed by atoms with Crippen molar-refractivity contribution < 1.29 is 9.63 Å². The van der Waals surface area contributed by atoms with Crippen LogP contribution in [0.2, 0.25) is 0 Å². The lowest BCUT2D eigenvalue weighted by molar-refractivity contribution is -0.116. The van der Waals surface area contributed by atoms with Gasteiger partial charge in [-0.2, -0.15) is 0 Å². The fourth-order valence-electron chi connectivity index (χ4n) is 3.26. The van der Waals surface area contributed by atoms with Gasteiger partial charge in [0.15, 0.2) is 12.3 Å². The largest absolute Gasteiger partial charge is 0.389 e. The van der Waals surface area contributed by atoms with Crippen molar-refractivity contribution in [3.63, 3.8) is 0 Å². The molecule has 3 aromatic heterocycles. The topological polar surface area (TPSA) is 120 Å². The van der Waals surface area contributed by atoms with Crippen molar-refractivity contribution >= 4 is 28.8 Å². The minimum absolute atomic E-state index is 0.0446. The molecular weight excluding hydrogens is 464 g/mol. The van der Waals surface area contributed by atoms with Gasteiger partial charge in [0.2, 0.25) is 11.7 Å². The van der Waals surface area contributed by atoms with E-state index in [0.717, 1.165) is 29.8 Å². The van der Waals surface area contributed by atoms with Crippen LogP contribution in [-0.4, -0.2) is 41.8 Å². The Morgan fingerprint density at radius 2 is 1.97 bits per heavy atom. The number of unbranched alkanes of at least 4 members (excludes halogenated alkanes) is 2. The number of anilines is 1. The van der Waals surface area contributed by atoms with Gasteiger partial charge in [0, 0.05) is 24.4 Å². The molecule has 1 amide bonds. The maximum atomic E-state index is 12.1. The van der Waals surface area contributed by atoms with E-state index < -0.39 is 0 Å². The first-order valence-corrected chi connectivity index (χ1v) is 12.2. The number of aromatic nitrogens is 6. The Kier molecular flexibility index (Phi) is 8.23. The molecule has 1 N–H and O–H groups in total. The number of tetrazole rings is 1. The van der Waals surface area contributed by atoms with Crippen molar-refractivity contribution in [1.29, 1.82) is 0 Å². The van der Waals surface area contributed by atoms with E-state index in [1.165, 1.54) is 16.0 Å². The predicted molar refractivity (Wildman–Crippen MR) is 134 cm³/mol. The van der Waals surface area contributed by atoms with Gasteiger partial charge in [0.1, 0.15) is 16.5 Å². The Hall–Kier alpha value is -3.99. The van der Waals surface area contributed by atoms with Gasteiger partial charge in [-0.1, -0.05) is 61.3 Å². The Morgan fingerprint density at radius 1 is 1.11 bits per heavy atom. The molecule has 0 saturated carbocycles. The van der Waals surface area contributed by atoms with E-state index in [4.69, 9.17) is 9.82 Å². The van der Waals surface area contributed by atoms with E-state index in [1.54, 1.807) is 13.1 Å². The molecule has 0 spiro atoms. The molecule has 0 bridgehead atoms. The molecule has 10 nitrogen and oxygen atoms in total. The normalized spacial score (nSPS) is 11.4. The van der Waals surface area contributed by atoms with Gasteiger partial charge < -0.3 is 10.2 Å². The number of thiazole rings is 1. The van der Waals surface area contributed by atoms with Crippen LogP contribution >= 0.6 is 11.3 Å². The van der Waals surface area contributed by atoms with Crippen molar-refractivity contribution in [2.24, 2.45) is 12.2 Å². The molecule has 0 atom stereocenters. The number of nitrogens with zero attached hydrogens (tertiary/aromatic N) is 7. The van der Waals surface area contributed by atoms with Gasteiger partial charge in [-0.3, -0.25) is 4.79 Å². The number of nitrogens with one attached hydrogen (secondary N) is 1. The maximum Gasteiger partial charge on any atom is 0.225 e. The number of rotatable bonds is 11. The highest BCUT2D eigenvalue weighted by molar-refractivity contribution is 7.13. The SMILES string of the molecule is CCCCCC(=O)Nc1cccc(CO/N=C(\c2csc(-c3ccccc3)n2)c2nnnn2C)n1. The molecule has 3 heterocycles. The molecule has 35 heavy (non-hydrogen) atoms. The van der Waals surface area contributed by atoms with Gasteiger partial charge in [0.05, 0.1) is 5.69 Å². The Balaban J connectivity index is 1.48. The first-order chi connectivity index (χ1) is 17.1. The Labute approximate surface area is 207 Å². The summed E-state index contributed by atoms with van der Waals surface area (Å²) in [5, 5.41) is 21.6. The number of aryl methyl sites for hydroxylation is 1. The Bertz CT molecular complexity index is 1290. The van der Waals surface area contributed by atoms with Crippen molar-refractivity contribution in [2.45, 2.75) is 39.2 Å². The molecule has 0 aliphatic rings. The molecule has 4 rings (SSSR count). The number of pyridine rings is 1. The summed E-state index contributed by atoms with van der Waals surface area (Å²) in [6.07, 6.45) is 3.44. The zero-order valence-electron chi connectivity index (χ0n) is 19.6. The second-order valence-corrected chi connectivity index (χ2v) is 8.62. The first kappa shape index (κ1) is 24.1. The number of oxime groups is 1. The molecule has 0 fully saturated rings. The van der Waals surface area contributed by atoms with E-state index in [0.29, 0.717) is 35.2 Å². The number of carbonyl (C=O) groups is 1. The van der Waals surface area contributed by atoms with Crippen LogP contribution < -0.4 is 5.32 Å². The van der Waals surface area contributed by atoms with Gasteiger partial charge in [-0.15, -0.1) is 16.4 Å². The predicted octanol–water partition coefficient (Wildman–Crippen LogP) is 4.22. The minimum atomic E-state index is -0.0446. The maximum absolute atomic E-state index is 12.1. The van der Waals surface area contributed by atoms with Gasteiger partial charge in [-0.05, 0) is 29.0 Å². The lowest BCUT2D eigenvalue weighted by Crippen LogP contribution is -2.13. The van der Waals surface area contributed by atoms with Crippen LogP contribution in [0.1, 0.15) is 49.8 Å². The van der Waals surface area contributed by atoms with Crippen LogP contribution in [0.5, 0.6) is 0 Å². The fraction of sp³-hybridized carbons (Fsp3) is 0.292. The lowest BCUT2D eigenvalue weighted by Gasteiger charge is -2.07. The zero-order chi connectivity index (χ0) is 24.5. The van der Waals surface area contributed by atoms with E-state index in [-0.39, 0.29) is 12.5 Å². The highest BCUT2D eigenvalue weighted by atomic mass is 32.1. The van der Waals surface area contributed by atoms with Crippen molar-refractivity contribution in [1.82, 2.24) is 30.2 Å². The van der Waals surface area contributed by atoms with E-state index in [9.17, 15) is 4.79 Å². The molecule has 180 valence electrons. The summed E-state index contributed by atoms with van der Waals surface area (Å²) in [4.78, 5) is 26.9. The number of carbonyl (C=O) groups excluding carboxylic acids is 1. The first-order valence-electron chi connectivity index (χ1n) is 11.3. The van der Waals surface area contributed by atoms with Crippen LogP contribution in [0.25, 0.3) is 10.6 Å². The monoisotopic (exact) mass is 490 g/mol. The highest BCUT2D eigenvalue weighted by Crippen LogP contribution is 2.24. The molecule has 0 saturated heterocycles. The molecule has 11 heteroatoms. The van der Waals surface area contributed by atoms with Crippen molar-refractivity contribution in [3.8, 4) is 10.6 Å². The quantitative estimate of drug-likeness (QED) is 0.190. The summed E-state index contributed by atoms with van der Waals surface area (Å²) in [5.41, 5.74) is 2.65. The van der Waals surface area contributed by atoms with Gasteiger partial charge >= 0.3 is 0 Å². The summed E-state index contributed by atoms with van der Waals surface area (Å²) in [6, 6.07) is 15.3. The van der Waals surface area contributed by atoms with Crippen LogP contribution in [0.3, 0.4) is 0 Å². The summed E-state index contributed by atoms with van der Waals surface area (Å²) in [7, 11) is 1.73. The average Bonchev–Trinajstić information content (AvgIpc) is 3.52. The van der Waals surface area contributed by atoms with Crippen LogP contribution in [-0.2, 0) is 23.3 Å². The zero-order valence-corrected chi connectivity index (χ0v) is 20.4. The van der Waals surface area contributed by atoms with E-state index in [1.807, 2.05) is 47.8 Å². The van der Waals surface area contributed by atoms with Crippen molar-refractivity contribution in [2.75, 3.05) is 5.32 Å². The van der Waals surface area contributed by atoms with Crippen LogP contribution in [0, 0.1) is 0 Å². The highest BCUT2D eigenvalue weighted by Gasteiger charge is 2.19. The fourth-order valence-corrected chi connectivity index (χ4v) is 4.07. The molecule has 0 aliphatic carbocycles. The van der Waals surface area contributed by atoms with Gasteiger partial charge in [-0.25, -0.2) is 14.6 Å². The standard InChI is InChI=1S/C24H26N8O2S/c1-3-4-6-14-21(33)27-20-13-9-12-18(25-20)15-34-29-22(23-28-30-31-32(23)2)19-16-35-24(26-19)17-10-7-5-8-11-17/h5,7-13,16H,3-4,6,14-15H2,1-2H3,(H,25,27,33)/b29-22+. The molecule has 0 radical (unpaired) electrons. The summed E-state index contributed by atoms with van der Waals surface area (Å²) < 4.78 is 1.51. The number of benzene rings is 1. The van der Waals surface area contributed by atoms with Crippen LogP contribution in [0.4, 0.5) is 5.82 Å². The lowest BCUT2D eigenvalue weighted by atomic mass is 10.2. The molecule has 4 aromatic rings. The smallest absolute Gasteiger partial charge is 0.225 e. The van der Waals surface area contributed by atoms with Crippen LogP contribution in [0.15, 0.2) is 59.1 Å². The summed E-state index contributed by atoms with van der Waals surface area (Å²) >= 11 is 1.50. The second kappa shape index (κ2) is 11.9. The van der Waals surface area contributed by atoms with E-state index >= 15 is 0 Å². The van der Waals surface area contributed by atoms with Crippen molar-refractivity contribution in [3.05, 3.63) is 71.1 Å². The third-order valence-electron chi connectivity index (χ3n) is 5.05. The molecule has 0 aliphatic heterocycles.